The van der Waals surface area contributed by atoms with Gasteiger partial charge in [-0.2, -0.15) is 5.26 Å². The molecule has 114 valence electrons. The summed E-state index contributed by atoms with van der Waals surface area (Å²) >= 11 is 7.14. The molecule has 0 unspecified atom stereocenters. The van der Waals surface area contributed by atoms with E-state index in [0.717, 1.165) is 23.3 Å². The van der Waals surface area contributed by atoms with Crippen LogP contribution in [-0.4, -0.2) is 4.98 Å². The van der Waals surface area contributed by atoms with Crippen LogP contribution < -0.4 is 0 Å². The van der Waals surface area contributed by atoms with Crippen LogP contribution in [0.15, 0.2) is 17.5 Å². The Balaban J connectivity index is 2.19. The van der Waals surface area contributed by atoms with Crippen molar-refractivity contribution in [3.8, 4) is 16.5 Å². The standard InChI is InChI=1S/C18H20N2S2/c1-18(2,3)11-6-7-12-14(9-11)20-17(21)13(10-19)16(12)15-5-4-8-22-15/h4-5,8,11H,6-7,9H2,1-3H3,(H,20,21)/t11-/m0/s1. The summed E-state index contributed by atoms with van der Waals surface area (Å²) in [6.45, 7) is 6.92. The second-order valence-electron chi connectivity index (χ2n) is 7.06. The first-order valence-corrected chi connectivity index (χ1v) is 8.92. The van der Waals surface area contributed by atoms with Gasteiger partial charge < -0.3 is 4.98 Å². The highest BCUT2D eigenvalue weighted by Gasteiger charge is 2.31. The van der Waals surface area contributed by atoms with E-state index in [1.807, 2.05) is 6.07 Å². The lowest BCUT2D eigenvalue weighted by molar-refractivity contribution is 0.214. The highest BCUT2D eigenvalue weighted by molar-refractivity contribution is 7.71. The van der Waals surface area contributed by atoms with Crippen molar-refractivity contribution in [2.24, 2.45) is 11.3 Å². The predicted molar refractivity (Wildman–Crippen MR) is 94.6 cm³/mol. The normalized spacial score (nSPS) is 17.8. The van der Waals surface area contributed by atoms with Crippen LogP contribution in [0.1, 0.15) is 44.0 Å². The molecule has 2 nitrogen and oxygen atoms in total. The summed E-state index contributed by atoms with van der Waals surface area (Å²) in [5, 5.41) is 11.6. The third-order valence-electron chi connectivity index (χ3n) is 4.70. The average molecular weight is 329 g/mol. The van der Waals surface area contributed by atoms with Crippen molar-refractivity contribution >= 4 is 23.6 Å². The van der Waals surface area contributed by atoms with E-state index in [4.69, 9.17) is 12.2 Å². The molecule has 0 radical (unpaired) electrons. The van der Waals surface area contributed by atoms with Crippen LogP contribution in [0.2, 0.25) is 0 Å². The number of rotatable bonds is 1. The van der Waals surface area contributed by atoms with Crippen LogP contribution in [-0.2, 0) is 12.8 Å². The molecule has 0 spiro atoms. The van der Waals surface area contributed by atoms with Gasteiger partial charge >= 0.3 is 0 Å². The smallest absolute Gasteiger partial charge is 0.122 e. The van der Waals surface area contributed by atoms with E-state index in [0.29, 0.717) is 21.5 Å². The van der Waals surface area contributed by atoms with Crippen LogP contribution in [0, 0.1) is 27.3 Å². The number of nitriles is 1. The highest BCUT2D eigenvalue weighted by atomic mass is 32.1. The number of pyridine rings is 1. The van der Waals surface area contributed by atoms with E-state index in [-0.39, 0.29) is 0 Å². The summed E-state index contributed by atoms with van der Waals surface area (Å²) in [4.78, 5) is 4.50. The molecule has 0 bridgehead atoms. The van der Waals surface area contributed by atoms with Gasteiger partial charge in [-0.3, -0.25) is 0 Å². The van der Waals surface area contributed by atoms with Crippen molar-refractivity contribution in [3.05, 3.63) is 39.0 Å². The molecule has 1 atom stereocenters. The van der Waals surface area contributed by atoms with Crippen molar-refractivity contribution < 1.29 is 0 Å². The van der Waals surface area contributed by atoms with Crippen molar-refractivity contribution in [2.75, 3.05) is 0 Å². The van der Waals surface area contributed by atoms with Gasteiger partial charge in [0, 0.05) is 16.1 Å². The Morgan fingerprint density at radius 1 is 1.41 bits per heavy atom. The van der Waals surface area contributed by atoms with Gasteiger partial charge in [-0.15, -0.1) is 11.3 Å². The molecule has 2 heterocycles. The van der Waals surface area contributed by atoms with E-state index in [9.17, 15) is 5.26 Å². The minimum absolute atomic E-state index is 0.296. The summed E-state index contributed by atoms with van der Waals surface area (Å²) in [6.07, 6.45) is 3.21. The summed E-state index contributed by atoms with van der Waals surface area (Å²) in [5.41, 5.74) is 4.53. The quantitative estimate of drug-likeness (QED) is 0.703. The molecule has 1 N–H and O–H groups in total. The average Bonchev–Trinajstić information content (AvgIpc) is 2.98. The maximum Gasteiger partial charge on any atom is 0.122 e. The first-order chi connectivity index (χ1) is 10.4. The molecule has 2 aromatic heterocycles. The monoisotopic (exact) mass is 328 g/mol. The molecule has 0 saturated heterocycles. The third-order valence-corrected chi connectivity index (χ3v) is 5.90. The fourth-order valence-corrected chi connectivity index (χ4v) is 4.42. The Bertz CT molecular complexity index is 786. The Morgan fingerprint density at radius 3 is 2.77 bits per heavy atom. The summed E-state index contributed by atoms with van der Waals surface area (Å²) < 4.78 is 0.583. The number of hydrogen-bond acceptors (Lipinski definition) is 3. The third kappa shape index (κ3) is 2.64. The predicted octanol–water partition coefficient (Wildman–Crippen LogP) is 5.50. The molecular weight excluding hydrogens is 308 g/mol. The maximum atomic E-state index is 9.55. The molecule has 0 aliphatic heterocycles. The lowest BCUT2D eigenvalue weighted by Gasteiger charge is -2.35. The van der Waals surface area contributed by atoms with Crippen LogP contribution in [0.3, 0.4) is 0 Å². The lowest BCUT2D eigenvalue weighted by atomic mass is 9.71. The zero-order valence-corrected chi connectivity index (χ0v) is 14.8. The van der Waals surface area contributed by atoms with Crippen LogP contribution in [0.4, 0.5) is 0 Å². The fourth-order valence-electron chi connectivity index (χ4n) is 3.35. The summed E-state index contributed by atoms with van der Waals surface area (Å²) in [5.74, 6) is 0.648. The lowest BCUT2D eigenvalue weighted by Crippen LogP contribution is -2.28. The second-order valence-corrected chi connectivity index (χ2v) is 8.41. The minimum Gasteiger partial charge on any atom is -0.349 e. The van der Waals surface area contributed by atoms with Crippen molar-refractivity contribution in [2.45, 2.75) is 40.0 Å². The van der Waals surface area contributed by atoms with Gasteiger partial charge in [0.05, 0.1) is 5.56 Å². The minimum atomic E-state index is 0.296. The van der Waals surface area contributed by atoms with Gasteiger partial charge in [0.25, 0.3) is 0 Å². The zero-order valence-electron chi connectivity index (χ0n) is 13.2. The van der Waals surface area contributed by atoms with E-state index < -0.39 is 0 Å². The second kappa shape index (κ2) is 5.64. The van der Waals surface area contributed by atoms with Gasteiger partial charge in [0.2, 0.25) is 0 Å². The van der Waals surface area contributed by atoms with Crippen molar-refractivity contribution in [1.29, 1.82) is 5.26 Å². The SMILES string of the molecule is CC(C)(C)[C@H]1CCc2c([nH]c(=S)c(C#N)c2-c2cccs2)C1. The van der Waals surface area contributed by atoms with Gasteiger partial charge in [0.15, 0.2) is 0 Å². The largest absolute Gasteiger partial charge is 0.349 e. The van der Waals surface area contributed by atoms with Gasteiger partial charge in [0.1, 0.15) is 10.7 Å². The van der Waals surface area contributed by atoms with Crippen molar-refractivity contribution in [1.82, 2.24) is 4.98 Å². The van der Waals surface area contributed by atoms with Gasteiger partial charge in [-0.25, -0.2) is 0 Å². The molecule has 0 amide bonds. The summed E-state index contributed by atoms with van der Waals surface area (Å²) in [7, 11) is 0. The molecular formula is C18H20N2S2. The molecule has 3 rings (SSSR count). The number of hydrogen-bond donors (Lipinski definition) is 1. The van der Waals surface area contributed by atoms with E-state index in [1.165, 1.54) is 17.7 Å². The number of nitrogens with one attached hydrogen (secondary N) is 1. The molecule has 0 saturated carbocycles. The molecule has 4 heteroatoms. The van der Waals surface area contributed by atoms with Gasteiger partial charge in [-0.1, -0.05) is 39.1 Å². The van der Waals surface area contributed by atoms with Crippen LogP contribution >= 0.6 is 23.6 Å². The van der Waals surface area contributed by atoms with Crippen LogP contribution in [0.25, 0.3) is 10.4 Å². The Kier molecular flexibility index (Phi) is 3.96. The molecule has 0 fully saturated rings. The highest BCUT2D eigenvalue weighted by Crippen LogP contribution is 2.41. The first-order valence-electron chi connectivity index (χ1n) is 7.64. The summed E-state index contributed by atoms with van der Waals surface area (Å²) in [6, 6.07) is 6.44. The molecule has 22 heavy (non-hydrogen) atoms. The fraction of sp³-hybridized carbons (Fsp3) is 0.444. The van der Waals surface area contributed by atoms with E-state index >= 15 is 0 Å². The van der Waals surface area contributed by atoms with Crippen molar-refractivity contribution in [3.63, 3.8) is 0 Å². The molecule has 1 aliphatic rings. The van der Waals surface area contributed by atoms with E-state index in [2.05, 4.69) is 43.3 Å². The van der Waals surface area contributed by atoms with Gasteiger partial charge in [-0.05, 0) is 47.6 Å². The number of H-pyrrole nitrogens is 1. The Morgan fingerprint density at radius 2 is 2.18 bits per heavy atom. The first kappa shape index (κ1) is 15.5. The Hall–Kier alpha value is -1.44. The zero-order chi connectivity index (χ0) is 15.9. The number of nitrogens with zero attached hydrogens (tertiary/aromatic N) is 1. The Labute approximate surface area is 140 Å². The maximum absolute atomic E-state index is 9.55. The topological polar surface area (TPSA) is 39.6 Å². The number of aromatic amines is 1. The number of fused-ring (bicyclic) bond motifs is 1. The van der Waals surface area contributed by atoms with E-state index in [1.54, 1.807) is 11.3 Å². The number of thiophene rings is 1. The number of aromatic nitrogens is 1. The van der Waals surface area contributed by atoms with Crippen LogP contribution in [0.5, 0.6) is 0 Å². The molecule has 0 aromatic carbocycles. The molecule has 2 aromatic rings. The molecule has 1 aliphatic carbocycles.